The van der Waals surface area contributed by atoms with E-state index in [0.717, 1.165) is 16.9 Å². The molecule has 2 aromatic rings. The molecular weight excluding hydrogens is 266 g/mol. The van der Waals surface area contributed by atoms with Gasteiger partial charge < -0.3 is 15.2 Å². The maximum Gasteiger partial charge on any atom is 0.320 e. The van der Waals surface area contributed by atoms with Gasteiger partial charge in [-0.3, -0.25) is 4.79 Å². The van der Waals surface area contributed by atoms with Gasteiger partial charge in [-0.25, -0.2) is 0 Å². The fourth-order valence-electron chi connectivity index (χ4n) is 1.84. The van der Waals surface area contributed by atoms with Crippen molar-refractivity contribution in [2.45, 2.75) is 26.1 Å². The second kappa shape index (κ2) is 7.45. The van der Waals surface area contributed by atoms with Crippen molar-refractivity contribution >= 4 is 5.97 Å². The van der Waals surface area contributed by atoms with Gasteiger partial charge in [0, 0.05) is 6.54 Å². The number of hydrogen-bond acceptors (Lipinski definition) is 3. The van der Waals surface area contributed by atoms with Crippen LogP contribution >= 0.6 is 0 Å². The first-order valence-electron chi connectivity index (χ1n) is 6.87. The average Bonchev–Trinajstić information content (AvgIpc) is 2.52. The highest BCUT2D eigenvalue weighted by Gasteiger charge is 2.09. The van der Waals surface area contributed by atoms with E-state index in [9.17, 15) is 4.79 Å². The Morgan fingerprint density at radius 2 is 1.86 bits per heavy atom. The fraction of sp³-hybridized carbons (Fsp3) is 0.235. The molecule has 0 amide bonds. The van der Waals surface area contributed by atoms with Gasteiger partial charge in [0.05, 0.1) is 0 Å². The Hall–Kier alpha value is -2.33. The zero-order valence-corrected chi connectivity index (χ0v) is 12.0. The normalized spacial score (nSPS) is 11.9. The SMILES string of the molecule is C[C@H](NCc1cccc(OCc2ccccc2)c1)C(=O)O. The van der Waals surface area contributed by atoms with E-state index in [1.165, 1.54) is 0 Å². The largest absolute Gasteiger partial charge is 0.489 e. The highest BCUT2D eigenvalue weighted by Crippen LogP contribution is 2.15. The summed E-state index contributed by atoms with van der Waals surface area (Å²) >= 11 is 0. The Balaban J connectivity index is 1.90. The van der Waals surface area contributed by atoms with Crippen molar-refractivity contribution in [1.82, 2.24) is 5.32 Å². The Labute approximate surface area is 124 Å². The zero-order valence-electron chi connectivity index (χ0n) is 12.0. The van der Waals surface area contributed by atoms with E-state index in [1.807, 2.05) is 54.6 Å². The van der Waals surface area contributed by atoms with Crippen molar-refractivity contribution in [3.8, 4) is 5.75 Å². The monoisotopic (exact) mass is 285 g/mol. The summed E-state index contributed by atoms with van der Waals surface area (Å²) in [6.45, 7) is 2.64. The molecule has 0 aliphatic heterocycles. The molecule has 0 aromatic heterocycles. The van der Waals surface area contributed by atoms with E-state index >= 15 is 0 Å². The van der Waals surface area contributed by atoms with E-state index in [0.29, 0.717) is 13.2 Å². The maximum absolute atomic E-state index is 10.8. The summed E-state index contributed by atoms with van der Waals surface area (Å²) in [4.78, 5) is 10.8. The Morgan fingerprint density at radius 3 is 2.57 bits per heavy atom. The molecule has 4 nitrogen and oxygen atoms in total. The lowest BCUT2D eigenvalue weighted by Crippen LogP contribution is -2.33. The van der Waals surface area contributed by atoms with Gasteiger partial charge in [-0.15, -0.1) is 0 Å². The van der Waals surface area contributed by atoms with Crippen molar-refractivity contribution in [2.24, 2.45) is 0 Å². The van der Waals surface area contributed by atoms with Crippen LogP contribution in [0.15, 0.2) is 54.6 Å². The van der Waals surface area contributed by atoms with Gasteiger partial charge in [0.15, 0.2) is 0 Å². The molecule has 0 bridgehead atoms. The molecule has 2 N–H and O–H groups in total. The summed E-state index contributed by atoms with van der Waals surface area (Å²) in [6, 6.07) is 17.0. The second-order valence-electron chi connectivity index (χ2n) is 4.86. The van der Waals surface area contributed by atoms with E-state index < -0.39 is 12.0 Å². The van der Waals surface area contributed by atoms with Crippen molar-refractivity contribution in [1.29, 1.82) is 0 Å². The molecule has 0 unspecified atom stereocenters. The van der Waals surface area contributed by atoms with Gasteiger partial charge in [0.2, 0.25) is 0 Å². The molecule has 0 heterocycles. The molecule has 2 aromatic carbocycles. The first-order chi connectivity index (χ1) is 10.1. The van der Waals surface area contributed by atoms with E-state index in [2.05, 4.69) is 5.32 Å². The Bertz CT molecular complexity index is 584. The minimum atomic E-state index is -0.855. The van der Waals surface area contributed by atoms with Crippen LogP contribution in [0.1, 0.15) is 18.1 Å². The smallest absolute Gasteiger partial charge is 0.320 e. The molecule has 2 rings (SSSR count). The van der Waals surface area contributed by atoms with Crippen molar-refractivity contribution < 1.29 is 14.6 Å². The van der Waals surface area contributed by atoms with Gasteiger partial charge in [0.25, 0.3) is 0 Å². The summed E-state index contributed by atoms with van der Waals surface area (Å²) in [5.41, 5.74) is 2.11. The van der Waals surface area contributed by atoms with Crippen LogP contribution in [-0.4, -0.2) is 17.1 Å². The van der Waals surface area contributed by atoms with Gasteiger partial charge in [-0.1, -0.05) is 42.5 Å². The molecule has 110 valence electrons. The maximum atomic E-state index is 10.8. The summed E-state index contributed by atoms with van der Waals surface area (Å²) < 4.78 is 5.74. The van der Waals surface area contributed by atoms with Gasteiger partial charge in [0.1, 0.15) is 18.4 Å². The third-order valence-corrected chi connectivity index (χ3v) is 3.13. The van der Waals surface area contributed by atoms with E-state index in [-0.39, 0.29) is 0 Å². The quantitative estimate of drug-likeness (QED) is 0.821. The van der Waals surface area contributed by atoms with Crippen LogP contribution in [0.4, 0.5) is 0 Å². The lowest BCUT2D eigenvalue weighted by molar-refractivity contribution is -0.139. The van der Waals surface area contributed by atoms with Gasteiger partial charge in [-0.05, 0) is 30.2 Å². The highest BCUT2D eigenvalue weighted by atomic mass is 16.5. The number of benzene rings is 2. The number of carbonyl (C=O) groups is 1. The predicted octanol–water partition coefficient (Wildman–Crippen LogP) is 2.83. The predicted molar refractivity (Wildman–Crippen MR) is 81.2 cm³/mol. The molecule has 0 fully saturated rings. The van der Waals surface area contributed by atoms with E-state index in [1.54, 1.807) is 6.92 Å². The molecule has 21 heavy (non-hydrogen) atoms. The number of rotatable bonds is 7. The van der Waals surface area contributed by atoms with Crippen LogP contribution in [0.2, 0.25) is 0 Å². The Morgan fingerprint density at radius 1 is 1.14 bits per heavy atom. The summed E-state index contributed by atoms with van der Waals surface area (Å²) in [7, 11) is 0. The summed E-state index contributed by atoms with van der Waals surface area (Å²) in [6.07, 6.45) is 0. The number of hydrogen-bond donors (Lipinski definition) is 2. The molecule has 4 heteroatoms. The average molecular weight is 285 g/mol. The zero-order chi connectivity index (χ0) is 15.1. The third kappa shape index (κ3) is 4.93. The molecule has 0 aliphatic carbocycles. The number of carboxylic acid groups (broad SMARTS) is 1. The van der Waals surface area contributed by atoms with Gasteiger partial charge >= 0.3 is 5.97 Å². The molecule has 1 atom stereocenters. The topological polar surface area (TPSA) is 58.6 Å². The second-order valence-corrected chi connectivity index (χ2v) is 4.86. The molecule has 0 saturated heterocycles. The van der Waals surface area contributed by atoms with Crippen molar-refractivity contribution in [3.05, 3.63) is 65.7 Å². The molecule has 0 spiro atoms. The first kappa shape index (κ1) is 15.1. The number of aliphatic carboxylic acids is 1. The number of ether oxygens (including phenoxy) is 1. The van der Waals surface area contributed by atoms with Crippen LogP contribution < -0.4 is 10.1 Å². The lowest BCUT2D eigenvalue weighted by Gasteiger charge is -2.11. The third-order valence-electron chi connectivity index (χ3n) is 3.13. The minimum Gasteiger partial charge on any atom is -0.489 e. The minimum absolute atomic E-state index is 0.496. The van der Waals surface area contributed by atoms with Crippen LogP contribution in [0, 0.1) is 0 Å². The van der Waals surface area contributed by atoms with Crippen LogP contribution in [0.3, 0.4) is 0 Å². The van der Waals surface area contributed by atoms with Gasteiger partial charge in [-0.2, -0.15) is 0 Å². The van der Waals surface area contributed by atoms with Crippen LogP contribution in [0.25, 0.3) is 0 Å². The van der Waals surface area contributed by atoms with Crippen LogP contribution in [-0.2, 0) is 17.9 Å². The summed E-state index contributed by atoms with van der Waals surface area (Å²) in [5.74, 6) is -0.0763. The van der Waals surface area contributed by atoms with Crippen molar-refractivity contribution in [2.75, 3.05) is 0 Å². The fourth-order valence-corrected chi connectivity index (χ4v) is 1.84. The van der Waals surface area contributed by atoms with Crippen molar-refractivity contribution in [3.63, 3.8) is 0 Å². The van der Waals surface area contributed by atoms with Crippen LogP contribution in [0.5, 0.6) is 5.75 Å². The number of nitrogens with one attached hydrogen (secondary N) is 1. The lowest BCUT2D eigenvalue weighted by atomic mass is 10.2. The first-order valence-corrected chi connectivity index (χ1v) is 6.87. The van der Waals surface area contributed by atoms with E-state index in [4.69, 9.17) is 9.84 Å². The Kier molecular flexibility index (Phi) is 5.35. The molecule has 0 radical (unpaired) electrons. The highest BCUT2D eigenvalue weighted by molar-refractivity contribution is 5.72. The molecular formula is C17H19NO3. The summed E-state index contributed by atoms with van der Waals surface area (Å²) in [5, 5.41) is 11.8. The molecule has 0 aliphatic rings. The standard InChI is InChI=1S/C17H19NO3/c1-13(17(19)20)18-11-15-8-5-9-16(10-15)21-12-14-6-3-2-4-7-14/h2-10,13,18H,11-12H2,1H3,(H,19,20)/t13-/m0/s1. The number of carboxylic acids is 1. The molecule has 0 saturated carbocycles.